The van der Waals surface area contributed by atoms with Crippen LogP contribution in [0.15, 0.2) is 37.5 Å². The van der Waals surface area contributed by atoms with Gasteiger partial charge in [-0.25, -0.2) is 4.79 Å². The Morgan fingerprint density at radius 2 is 1.85 bits per heavy atom. The highest BCUT2D eigenvalue weighted by Gasteiger charge is 2.15. The largest absolute Gasteiger partial charge is 0.444 e. The molecule has 2 N–H and O–H groups in total. The van der Waals surface area contributed by atoms with Crippen LogP contribution in [0.5, 0.6) is 0 Å². The number of nitrogens with one attached hydrogen (secondary N) is 1. The summed E-state index contributed by atoms with van der Waals surface area (Å²) in [4.78, 5) is 10.9. The molecule has 118 valence electrons. The smallest absolute Gasteiger partial charge is 0.407 e. The molecular weight excluding hydrogens is 254 g/mol. The third-order valence-corrected chi connectivity index (χ3v) is 1.78. The first-order chi connectivity index (χ1) is 9.26. The van der Waals surface area contributed by atoms with Gasteiger partial charge in [-0.05, 0) is 41.0 Å². The van der Waals surface area contributed by atoms with E-state index in [4.69, 9.17) is 9.84 Å². The van der Waals surface area contributed by atoms with Crippen LogP contribution in [0, 0.1) is 0 Å². The van der Waals surface area contributed by atoms with Gasteiger partial charge in [-0.2, -0.15) is 0 Å². The molecule has 0 aromatic carbocycles. The van der Waals surface area contributed by atoms with E-state index < -0.39 is 11.7 Å². The number of aliphatic hydroxyl groups excluding tert-OH is 1. The highest BCUT2D eigenvalue weighted by Crippen LogP contribution is 2.06. The number of carbonyl (C=O) groups excluding carboxylic acids is 1. The first kappa shape index (κ1) is 23.5. The Balaban J connectivity index is -0.000000304. The summed E-state index contributed by atoms with van der Waals surface area (Å²) >= 11 is 0. The molecule has 0 unspecified atom stereocenters. The molecule has 0 bridgehead atoms. The summed E-state index contributed by atoms with van der Waals surface area (Å²) in [5.41, 5.74) is 0.776. The molecule has 0 aromatic heterocycles. The molecule has 0 radical (unpaired) electrons. The van der Waals surface area contributed by atoms with E-state index in [9.17, 15) is 4.79 Å². The molecule has 0 aliphatic heterocycles. The second-order valence-electron chi connectivity index (χ2n) is 4.74. The van der Waals surface area contributed by atoms with Gasteiger partial charge in [0.15, 0.2) is 0 Å². The lowest BCUT2D eigenvalue weighted by Gasteiger charge is -2.19. The fraction of sp³-hybridized carbons (Fsp3) is 0.562. The van der Waals surface area contributed by atoms with Crippen molar-refractivity contribution in [2.75, 3.05) is 13.2 Å². The van der Waals surface area contributed by atoms with Crippen molar-refractivity contribution in [3.63, 3.8) is 0 Å². The quantitative estimate of drug-likeness (QED) is 0.469. The van der Waals surface area contributed by atoms with Crippen LogP contribution in [0.2, 0.25) is 0 Å². The fourth-order valence-corrected chi connectivity index (χ4v) is 0.702. The standard InChI is InChI=1S/C8H17NO3.C6H10.C2H4/c1-8(2,3)12-7(11)9-5-4-6-10;1-4-6(3)5-2;1-2/h10H,4-6H2,1-3H3,(H,9,11);4-5H,1H2,2-3H3;1-2H2/b;6-5-;. The van der Waals surface area contributed by atoms with E-state index >= 15 is 0 Å². The van der Waals surface area contributed by atoms with E-state index in [2.05, 4.69) is 25.1 Å². The lowest BCUT2D eigenvalue weighted by molar-refractivity contribution is 0.0525. The van der Waals surface area contributed by atoms with Gasteiger partial charge in [-0.3, -0.25) is 0 Å². The SMILES string of the molecule is C=C.C=C/C(C)=C\C.CC(C)(C)OC(=O)NCCCO. The van der Waals surface area contributed by atoms with Gasteiger partial charge in [0.2, 0.25) is 0 Å². The zero-order chi connectivity index (χ0) is 16.6. The van der Waals surface area contributed by atoms with Gasteiger partial charge in [-0.1, -0.05) is 24.3 Å². The van der Waals surface area contributed by atoms with Crippen molar-refractivity contribution in [3.8, 4) is 0 Å². The van der Waals surface area contributed by atoms with Crippen molar-refractivity contribution in [2.45, 2.75) is 46.6 Å². The number of alkyl carbamates (subject to hydrolysis) is 1. The predicted molar refractivity (Wildman–Crippen MR) is 86.8 cm³/mol. The molecule has 0 rings (SSSR count). The van der Waals surface area contributed by atoms with Gasteiger partial charge in [0.1, 0.15) is 5.60 Å². The number of hydrogen-bond acceptors (Lipinski definition) is 3. The van der Waals surface area contributed by atoms with E-state index in [-0.39, 0.29) is 6.61 Å². The van der Waals surface area contributed by atoms with Crippen LogP contribution in [0.4, 0.5) is 4.79 Å². The minimum Gasteiger partial charge on any atom is -0.444 e. The second kappa shape index (κ2) is 15.5. The van der Waals surface area contributed by atoms with Crippen LogP contribution in [0.1, 0.15) is 41.0 Å². The number of aliphatic hydroxyl groups is 1. The number of ether oxygens (including phenoxy) is 1. The van der Waals surface area contributed by atoms with Crippen molar-refractivity contribution < 1.29 is 14.6 Å². The third kappa shape index (κ3) is 25.3. The Morgan fingerprint density at radius 3 is 2.10 bits per heavy atom. The van der Waals surface area contributed by atoms with Crippen LogP contribution in [-0.4, -0.2) is 30.0 Å². The number of carbonyl (C=O) groups is 1. The normalized spacial score (nSPS) is 10.2. The Morgan fingerprint density at radius 1 is 1.35 bits per heavy atom. The second-order valence-corrected chi connectivity index (χ2v) is 4.74. The number of rotatable bonds is 4. The third-order valence-electron chi connectivity index (χ3n) is 1.78. The highest BCUT2D eigenvalue weighted by molar-refractivity contribution is 5.67. The summed E-state index contributed by atoms with van der Waals surface area (Å²) in [6, 6.07) is 0. The summed E-state index contributed by atoms with van der Waals surface area (Å²) in [5, 5.41) is 10.9. The molecule has 4 nitrogen and oxygen atoms in total. The average molecular weight is 285 g/mol. The molecule has 0 aliphatic rings. The van der Waals surface area contributed by atoms with Crippen LogP contribution in [-0.2, 0) is 4.74 Å². The van der Waals surface area contributed by atoms with E-state index in [0.717, 1.165) is 0 Å². The first-order valence-corrected chi connectivity index (χ1v) is 6.60. The van der Waals surface area contributed by atoms with Gasteiger partial charge < -0.3 is 15.2 Å². The fourth-order valence-electron chi connectivity index (χ4n) is 0.702. The molecule has 1 amide bonds. The summed E-state index contributed by atoms with van der Waals surface area (Å²) in [7, 11) is 0. The maximum atomic E-state index is 10.9. The number of amides is 1. The Labute approximate surface area is 124 Å². The number of allylic oxidation sites excluding steroid dienone is 3. The number of hydrogen-bond donors (Lipinski definition) is 2. The summed E-state index contributed by atoms with van der Waals surface area (Å²) in [5.74, 6) is 0. The molecule has 0 aromatic rings. The van der Waals surface area contributed by atoms with Gasteiger partial charge in [0, 0.05) is 13.2 Å². The molecule has 20 heavy (non-hydrogen) atoms. The van der Waals surface area contributed by atoms with Gasteiger partial charge >= 0.3 is 6.09 Å². The predicted octanol–water partition coefficient (Wildman–Crippen LogP) is 3.83. The van der Waals surface area contributed by atoms with E-state index in [1.807, 2.05) is 26.0 Å². The highest BCUT2D eigenvalue weighted by atomic mass is 16.6. The maximum Gasteiger partial charge on any atom is 0.407 e. The van der Waals surface area contributed by atoms with Crippen LogP contribution < -0.4 is 5.32 Å². The van der Waals surface area contributed by atoms with Crippen LogP contribution >= 0.6 is 0 Å². The van der Waals surface area contributed by atoms with Crippen molar-refractivity contribution in [3.05, 3.63) is 37.5 Å². The molecule has 0 spiro atoms. The molecule has 0 saturated carbocycles. The first-order valence-electron chi connectivity index (χ1n) is 6.60. The van der Waals surface area contributed by atoms with E-state index in [0.29, 0.717) is 13.0 Å². The summed E-state index contributed by atoms with van der Waals surface area (Å²) in [6.45, 7) is 19.5. The lowest BCUT2D eigenvalue weighted by Crippen LogP contribution is -2.33. The molecule has 0 fully saturated rings. The maximum absolute atomic E-state index is 10.9. The Kier molecular flexibility index (Phi) is 18.2. The molecule has 0 heterocycles. The topological polar surface area (TPSA) is 58.6 Å². The Bertz CT molecular complexity index is 278. The molecule has 0 saturated heterocycles. The zero-order valence-corrected chi connectivity index (χ0v) is 13.7. The Hall–Kier alpha value is -1.55. The van der Waals surface area contributed by atoms with Crippen molar-refractivity contribution in [1.82, 2.24) is 5.32 Å². The lowest BCUT2D eigenvalue weighted by atomic mass is 10.2. The molecular formula is C16H31NO3. The van der Waals surface area contributed by atoms with Gasteiger partial charge in [-0.15, -0.1) is 13.2 Å². The van der Waals surface area contributed by atoms with Crippen LogP contribution in [0.3, 0.4) is 0 Å². The van der Waals surface area contributed by atoms with Gasteiger partial charge in [0.05, 0.1) is 0 Å². The summed E-state index contributed by atoms with van der Waals surface area (Å²) < 4.78 is 4.95. The van der Waals surface area contributed by atoms with Crippen molar-refractivity contribution in [2.24, 2.45) is 0 Å². The minimum absolute atomic E-state index is 0.0792. The van der Waals surface area contributed by atoms with Gasteiger partial charge in [0.25, 0.3) is 0 Å². The molecule has 4 heteroatoms. The summed E-state index contributed by atoms with van der Waals surface area (Å²) in [6.07, 6.45) is 3.97. The average Bonchev–Trinajstić information content (AvgIpc) is 2.39. The molecule has 0 atom stereocenters. The van der Waals surface area contributed by atoms with Crippen molar-refractivity contribution >= 4 is 6.09 Å². The monoisotopic (exact) mass is 285 g/mol. The van der Waals surface area contributed by atoms with Crippen molar-refractivity contribution in [1.29, 1.82) is 0 Å². The van der Waals surface area contributed by atoms with E-state index in [1.165, 1.54) is 5.57 Å². The molecule has 0 aliphatic carbocycles. The minimum atomic E-state index is -0.455. The van der Waals surface area contributed by atoms with E-state index in [1.54, 1.807) is 20.8 Å². The van der Waals surface area contributed by atoms with Crippen LogP contribution in [0.25, 0.3) is 0 Å². The zero-order valence-electron chi connectivity index (χ0n) is 13.7.